The molecule has 1 amide bonds. The second-order valence-corrected chi connectivity index (χ2v) is 13.8. The average Bonchev–Trinajstić information content (AvgIpc) is 3.76. The highest BCUT2D eigenvalue weighted by Gasteiger charge is 2.37. The number of nitrogens with zero attached hydrogens (tertiary/aromatic N) is 3. The van der Waals surface area contributed by atoms with Crippen LogP contribution in [0.2, 0.25) is 0 Å². The van der Waals surface area contributed by atoms with Gasteiger partial charge in [0.25, 0.3) is 0 Å². The molecule has 4 aliphatic rings. The molecule has 3 aromatic rings. The van der Waals surface area contributed by atoms with Gasteiger partial charge in [-0.05, 0) is 74.4 Å². The summed E-state index contributed by atoms with van der Waals surface area (Å²) in [5.41, 5.74) is 4.57. The summed E-state index contributed by atoms with van der Waals surface area (Å²) < 4.78 is 18.2. The third-order valence-corrected chi connectivity index (χ3v) is 9.75. The molecule has 0 aliphatic carbocycles. The molecule has 8 nitrogen and oxygen atoms in total. The van der Waals surface area contributed by atoms with Crippen LogP contribution in [0.25, 0.3) is 16.8 Å². The van der Waals surface area contributed by atoms with E-state index >= 15 is 0 Å². The van der Waals surface area contributed by atoms with E-state index in [1.807, 2.05) is 81.3 Å². The maximum Gasteiger partial charge on any atom is 0.411 e. The van der Waals surface area contributed by atoms with Crippen molar-refractivity contribution in [3.63, 3.8) is 0 Å². The normalized spacial score (nSPS) is 21.5. The number of aromatic nitrogens is 2. The van der Waals surface area contributed by atoms with Crippen LogP contribution < -0.4 is 9.47 Å². The quantitative estimate of drug-likeness (QED) is 0.261. The lowest BCUT2D eigenvalue weighted by Gasteiger charge is -2.28. The maximum absolute atomic E-state index is 12.8. The molecule has 0 saturated carbocycles. The summed E-state index contributed by atoms with van der Waals surface area (Å²) in [6, 6.07) is 11.9. The number of allylic oxidation sites excluding steroid dienone is 1. The summed E-state index contributed by atoms with van der Waals surface area (Å²) in [6.45, 7) is 5.67. The molecule has 7 rings (SSSR count). The molecule has 2 fully saturated rings. The van der Waals surface area contributed by atoms with Crippen LogP contribution in [-0.2, 0) is 4.74 Å². The van der Waals surface area contributed by atoms with E-state index in [4.69, 9.17) is 19.2 Å². The third-order valence-electron chi connectivity index (χ3n) is 7.57. The molecule has 5 heterocycles. The summed E-state index contributed by atoms with van der Waals surface area (Å²) in [6.07, 6.45) is 5.37. The molecule has 2 saturated heterocycles. The Bertz CT molecular complexity index is 1570. The van der Waals surface area contributed by atoms with Crippen molar-refractivity contribution in [1.82, 2.24) is 14.9 Å². The first-order chi connectivity index (χ1) is 19.8. The van der Waals surface area contributed by atoms with E-state index in [0.29, 0.717) is 41.2 Å². The van der Waals surface area contributed by atoms with Gasteiger partial charge in [-0.2, -0.15) is 11.8 Å². The Morgan fingerprint density at radius 2 is 1.78 bits per heavy atom. The number of hydrogen-bond acceptors (Lipinski definition) is 8. The van der Waals surface area contributed by atoms with Crippen LogP contribution in [0.15, 0.2) is 53.8 Å². The van der Waals surface area contributed by atoms with Gasteiger partial charge in [0, 0.05) is 41.3 Å². The van der Waals surface area contributed by atoms with Gasteiger partial charge in [-0.3, -0.25) is 9.89 Å². The second-order valence-electron chi connectivity index (χ2n) is 11.7. The average molecular weight is 589 g/mol. The Hall–Kier alpha value is -3.37. The summed E-state index contributed by atoms with van der Waals surface area (Å²) >= 11 is 3.71. The molecule has 4 aliphatic heterocycles. The number of H-pyrrole nitrogens is 1. The van der Waals surface area contributed by atoms with E-state index in [0.717, 1.165) is 45.4 Å². The molecule has 212 valence electrons. The molecule has 41 heavy (non-hydrogen) atoms. The standard InChI is InChI=1S/C31H32N4O4S2/c1-31(2,3)39-30(36)35-17-41-16-24(35)22-10-21(13-32-22)18-4-6-25-27(11-18)37-26-7-5-19(12-28(26)38-25)23-14-33-29(34-23)20-8-9-40-15-20/h4-7,11-14,20,24H,8-10,15-17H2,1-3H3,(H,33,34)/t20-,24-/m0/s1. The number of imidazole rings is 1. The third kappa shape index (κ3) is 5.35. The van der Waals surface area contributed by atoms with Gasteiger partial charge in [-0.25, -0.2) is 9.78 Å². The van der Waals surface area contributed by atoms with Crippen LogP contribution in [-0.4, -0.2) is 61.5 Å². The van der Waals surface area contributed by atoms with Crippen LogP contribution in [0, 0.1) is 0 Å². The Balaban J connectivity index is 1.03. The molecule has 0 radical (unpaired) electrons. The number of carbonyl (C=O) groups excluding carboxylic acids is 1. The molecule has 1 aromatic heterocycles. The van der Waals surface area contributed by atoms with E-state index < -0.39 is 5.60 Å². The zero-order chi connectivity index (χ0) is 28.1. The molecule has 0 unspecified atom stereocenters. The molecule has 2 aromatic carbocycles. The SMILES string of the molecule is CC(C)(C)OC(=O)N1CSC[C@H]1C1=NC=C(c2ccc3c(c2)Oc2ccc(-c4cnc([C@H]5CCSC5)[nH]4)cc2O3)C1. The minimum atomic E-state index is -0.530. The highest BCUT2D eigenvalue weighted by atomic mass is 32.2. The van der Waals surface area contributed by atoms with Gasteiger partial charge in [0.2, 0.25) is 0 Å². The monoisotopic (exact) mass is 588 g/mol. The molecular weight excluding hydrogens is 556 g/mol. The van der Waals surface area contributed by atoms with Crippen molar-refractivity contribution in [2.24, 2.45) is 4.99 Å². The van der Waals surface area contributed by atoms with Gasteiger partial charge < -0.3 is 19.2 Å². The summed E-state index contributed by atoms with van der Waals surface area (Å²) in [5.74, 6) is 8.03. The van der Waals surface area contributed by atoms with Crippen molar-refractivity contribution < 1.29 is 19.0 Å². The fourth-order valence-corrected chi connectivity index (χ4v) is 7.85. The minimum Gasteiger partial charge on any atom is -0.449 e. The molecule has 0 bridgehead atoms. The minimum absolute atomic E-state index is 0.0649. The fourth-order valence-electron chi connectivity index (χ4n) is 5.44. The van der Waals surface area contributed by atoms with Gasteiger partial charge in [0.1, 0.15) is 11.4 Å². The van der Waals surface area contributed by atoms with Crippen molar-refractivity contribution in [1.29, 1.82) is 0 Å². The number of aliphatic imine (C=N–C) groups is 1. The van der Waals surface area contributed by atoms with Crippen molar-refractivity contribution in [3.05, 3.63) is 60.2 Å². The van der Waals surface area contributed by atoms with E-state index in [-0.39, 0.29) is 12.1 Å². The van der Waals surface area contributed by atoms with Gasteiger partial charge in [0.05, 0.1) is 23.8 Å². The molecule has 1 N–H and O–H groups in total. The van der Waals surface area contributed by atoms with E-state index in [2.05, 4.69) is 9.97 Å². The zero-order valence-electron chi connectivity index (χ0n) is 23.3. The van der Waals surface area contributed by atoms with E-state index in [1.165, 1.54) is 12.2 Å². The number of amides is 1. The molecule has 0 spiro atoms. The second kappa shape index (κ2) is 10.5. The van der Waals surface area contributed by atoms with Gasteiger partial charge in [-0.15, -0.1) is 11.8 Å². The van der Waals surface area contributed by atoms with Crippen molar-refractivity contribution >= 4 is 40.9 Å². The van der Waals surface area contributed by atoms with E-state index in [9.17, 15) is 4.79 Å². The first-order valence-corrected chi connectivity index (χ1v) is 16.2. The summed E-state index contributed by atoms with van der Waals surface area (Å²) in [7, 11) is 0. The predicted molar refractivity (Wildman–Crippen MR) is 165 cm³/mol. The number of benzene rings is 2. The molecule has 2 atom stereocenters. The van der Waals surface area contributed by atoms with Gasteiger partial charge in [0.15, 0.2) is 23.0 Å². The zero-order valence-corrected chi connectivity index (χ0v) is 24.9. The number of thioether (sulfide) groups is 2. The first-order valence-electron chi connectivity index (χ1n) is 13.9. The number of aromatic amines is 1. The number of hydrogen-bond donors (Lipinski definition) is 1. The Kier molecular flexibility index (Phi) is 6.78. The van der Waals surface area contributed by atoms with Crippen molar-refractivity contribution in [3.8, 4) is 34.3 Å². The molecule has 10 heteroatoms. The lowest BCUT2D eigenvalue weighted by molar-refractivity contribution is 0.0278. The highest BCUT2D eigenvalue weighted by Crippen LogP contribution is 2.48. The van der Waals surface area contributed by atoms with E-state index in [1.54, 1.807) is 16.7 Å². The lowest BCUT2D eigenvalue weighted by Crippen LogP contribution is -2.44. The number of rotatable bonds is 4. The maximum atomic E-state index is 12.8. The van der Waals surface area contributed by atoms with Gasteiger partial charge in [-0.1, -0.05) is 6.07 Å². The first kappa shape index (κ1) is 26.5. The lowest BCUT2D eigenvalue weighted by atomic mass is 9.99. The number of fused-ring (bicyclic) bond motifs is 2. The van der Waals surface area contributed by atoms with Crippen molar-refractivity contribution in [2.45, 2.75) is 51.2 Å². The number of carbonyl (C=O) groups is 1. The number of ether oxygens (including phenoxy) is 3. The Morgan fingerprint density at radius 3 is 2.51 bits per heavy atom. The summed E-state index contributed by atoms with van der Waals surface area (Å²) in [4.78, 5) is 27.5. The number of nitrogens with one attached hydrogen (secondary N) is 1. The van der Waals surface area contributed by atoms with Crippen LogP contribution in [0.4, 0.5) is 4.79 Å². The Labute approximate surface area is 248 Å². The Morgan fingerprint density at radius 1 is 1.02 bits per heavy atom. The van der Waals surface area contributed by atoms with Crippen LogP contribution in [0.3, 0.4) is 0 Å². The smallest absolute Gasteiger partial charge is 0.411 e. The van der Waals surface area contributed by atoms with Crippen LogP contribution >= 0.6 is 23.5 Å². The topological polar surface area (TPSA) is 89.0 Å². The van der Waals surface area contributed by atoms with Crippen LogP contribution in [0.1, 0.15) is 50.9 Å². The van der Waals surface area contributed by atoms with Gasteiger partial charge >= 0.3 is 6.09 Å². The molecular formula is C31H32N4O4S2. The fraction of sp³-hybridized carbons (Fsp3) is 0.387. The van der Waals surface area contributed by atoms with Crippen LogP contribution in [0.5, 0.6) is 23.0 Å². The predicted octanol–water partition coefficient (Wildman–Crippen LogP) is 7.69. The largest absolute Gasteiger partial charge is 0.449 e. The van der Waals surface area contributed by atoms with Crippen molar-refractivity contribution in [2.75, 3.05) is 23.1 Å². The summed E-state index contributed by atoms with van der Waals surface area (Å²) in [5, 5.41) is 0. The highest BCUT2D eigenvalue weighted by molar-refractivity contribution is 7.99.